The van der Waals surface area contributed by atoms with Gasteiger partial charge >= 0.3 is 0 Å². The Kier molecular flexibility index (Phi) is 5.84. The minimum Gasteiger partial charge on any atom is -0.343 e. The Balaban J connectivity index is 1.60. The van der Waals surface area contributed by atoms with Crippen molar-refractivity contribution in [3.63, 3.8) is 0 Å². The number of hydrogen-bond acceptors (Lipinski definition) is 5. The quantitative estimate of drug-likeness (QED) is 0.799. The highest BCUT2D eigenvalue weighted by molar-refractivity contribution is 7.09. The van der Waals surface area contributed by atoms with E-state index in [1.165, 1.54) is 22.7 Å². The van der Waals surface area contributed by atoms with Crippen molar-refractivity contribution < 1.29 is 4.79 Å². The number of hydrogen-bond donors (Lipinski definition) is 0. The summed E-state index contributed by atoms with van der Waals surface area (Å²) in [4.78, 5) is 21.6. The Morgan fingerprint density at radius 2 is 1.93 bits per heavy atom. The molecule has 1 aliphatic heterocycles. The molecule has 0 saturated carbocycles. The van der Waals surface area contributed by atoms with Gasteiger partial charge in [-0.05, 0) is 24.8 Å². The van der Waals surface area contributed by atoms with Crippen molar-refractivity contribution in [1.29, 1.82) is 0 Å². The molecule has 146 valence electrons. The first-order valence-corrected chi connectivity index (χ1v) is 10.4. The second kappa shape index (κ2) is 7.97. The van der Waals surface area contributed by atoms with Crippen LogP contribution >= 0.6 is 11.5 Å². The maximum Gasteiger partial charge on any atom is 0.223 e. The third-order valence-electron chi connectivity index (χ3n) is 4.84. The van der Waals surface area contributed by atoms with Gasteiger partial charge in [0.1, 0.15) is 5.82 Å². The average Bonchev–Trinajstić information content (AvgIpc) is 3.03. The van der Waals surface area contributed by atoms with Crippen LogP contribution in [0, 0.1) is 12.3 Å². The molecule has 1 amide bonds. The summed E-state index contributed by atoms with van der Waals surface area (Å²) in [6.45, 7) is 12.9. The molecule has 1 atom stereocenters. The van der Waals surface area contributed by atoms with Gasteiger partial charge in [0.05, 0.1) is 0 Å². The van der Waals surface area contributed by atoms with Crippen LogP contribution < -0.4 is 4.90 Å². The van der Waals surface area contributed by atoms with E-state index in [0.29, 0.717) is 6.42 Å². The molecular weight excluding hydrogens is 356 g/mol. The zero-order valence-corrected chi connectivity index (χ0v) is 17.8. The fourth-order valence-electron chi connectivity index (χ4n) is 3.39. The number of carbonyl (C=O) groups is 1. The number of piperazine rings is 1. The Bertz CT molecular complexity index is 778. The third kappa shape index (κ3) is 5.28. The van der Waals surface area contributed by atoms with E-state index in [1.54, 1.807) is 0 Å². The van der Waals surface area contributed by atoms with Crippen LogP contribution in [0.25, 0.3) is 0 Å². The van der Waals surface area contributed by atoms with E-state index in [0.717, 1.165) is 37.0 Å². The normalized spacial score (nSPS) is 18.0. The highest BCUT2D eigenvalue weighted by Crippen LogP contribution is 2.25. The largest absolute Gasteiger partial charge is 0.343 e. The first-order chi connectivity index (χ1) is 12.7. The van der Waals surface area contributed by atoms with Crippen LogP contribution in [0.5, 0.6) is 0 Å². The smallest absolute Gasteiger partial charge is 0.223 e. The zero-order valence-electron chi connectivity index (χ0n) is 17.0. The van der Waals surface area contributed by atoms with E-state index in [1.807, 2.05) is 4.90 Å². The lowest BCUT2D eigenvalue weighted by Gasteiger charge is -2.40. The van der Waals surface area contributed by atoms with E-state index < -0.39 is 0 Å². The van der Waals surface area contributed by atoms with Gasteiger partial charge in [0.2, 0.25) is 11.0 Å². The van der Waals surface area contributed by atoms with E-state index in [4.69, 9.17) is 4.98 Å². The second-order valence-corrected chi connectivity index (χ2v) is 9.51. The van der Waals surface area contributed by atoms with Gasteiger partial charge in [0.25, 0.3) is 0 Å². The minimum absolute atomic E-state index is 0.0258. The third-order valence-corrected chi connectivity index (χ3v) is 5.65. The molecule has 2 aromatic rings. The molecule has 0 bridgehead atoms. The first-order valence-electron chi connectivity index (χ1n) is 9.64. The fraction of sp³-hybridized carbons (Fsp3) is 0.571. The minimum atomic E-state index is 0.0258. The maximum atomic E-state index is 12.6. The zero-order chi connectivity index (χ0) is 19.6. The van der Waals surface area contributed by atoms with Crippen LogP contribution in [0.2, 0.25) is 0 Å². The van der Waals surface area contributed by atoms with Gasteiger partial charge in [0, 0.05) is 50.1 Å². The van der Waals surface area contributed by atoms with Crippen LogP contribution in [0.15, 0.2) is 24.3 Å². The predicted molar refractivity (Wildman–Crippen MR) is 111 cm³/mol. The topological polar surface area (TPSA) is 49.3 Å². The van der Waals surface area contributed by atoms with Crippen LogP contribution in [-0.4, -0.2) is 45.8 Å². The second-order valence-electron chi connectivity index (χ2n) is 8.78. The van der Waals surface area contributed by atoms with Gasteiger partial charge in [-0.1, -0.05) is 50.6 Å². The van der Waals surface area contributed by atoms with Crippen molar-refractivity contribution in [2.45, 2.75) is 53.5 Å². The van der Waals surface area contributed by atoms with Crippen LogP contribution in [-0.2, 0) is 11.2 Å². The average molecular weight is 387 g/mol. The number of aryl methyl sites for hydroxylation is 1. The number of anilines is 1. The van der Waals surface area contributed by atoms with Gasteiger partial charge in [-0.15, -0.1) is 0 Å². The molecule has 1 aliphatic rings. The highest BCUT2D eigenvalue weighted by Gasteiger charge is 2.30. The van der Waals surface area contributed by atoms with Gasteiger partial charge in [-0.2, -0.15) is 4.37 Å². The molecule has 0 radical (unpaired) electrons. The van der Waals surface area contributed by atoms with Crippen molar-refractivity contribution >= 4 is 22.6 Å². The van der Waals surface area contributed by atoms with E-state index >= 15 is 0 Å². The molecule has 1 fully saturated rings. The molecular formula is C21H30N4OS. The lowest BCUT2D eigenvalue weighted by atomic mass is 9.91. The van der Waals surface area contributed by atoms with E-state index in [2.05, 4.69) is 68.2 Å². The number of amides is 1. The summed E-state index contributed by atoms with van der Waals surface area (Å²) in [7, 11) is 0. The fourth-order valence-corrected chi connectivity index (χ4v) is 4.11. The molecule has 5 nitrogen and oxygen atoms in total. The molecule has 0 spiro atoms. The Hall–Kier alpha value is -1.95. The summed E-state index contributed by atoms with van der Waals surface area (Å²) in [6, 6.07) is 8.71. The summed E-state index contributed by atoms with van der Waals surface area (Å²) >= 11 is 1.46. The number of carbonyl (C=O) groups excluding carboxylic acids is 1. The lowest BCUT2D eigenvalue weighted by molar-refractivity contribution is -0.135. The standard InChI is InChI=1S/C21H30N4OS/c1-15-6-8-17(9-7-15)12-18-22-20(27-23-18)24-10-11-25(16(2)14-24)19(26)13-21(3,4)5/h6-9,16H,10-14H2,1-5H3/t16-/m1/s1. The van der Waals surface area contributed by atoms with Gasteiger partial charge < -0.3 is 9.80 Å². The molecule has 1 aromatic heterocycles. The SMILES string of the molecule is Cc1ccc(Cc2nsc(N3CCN(C(=O)CC(C)(C)C)[C@H](C)C3)n2)cc1. The number of aromatic nitrogens is 2. The van der Waals surface area contributed by atoms with Crippen LogP contribution in [0.3, 0.4) is 0 Å². The predicted octanol–water partition coefficient (Wildman–Crippen LogP) is 3.91. The molecule has 1 saturated heterocycles. The first kappa shape index (κ1) is 19.8. The molecule has 0 N–H and O–H groups in total. The molecule has 3 rings (SSSR count). The van der Waals surface area contributed by atoms with Crippen molar-refractivity contribution in [2.75, 3.05) is 24.5 Å². The molecule has 1 aromatic carbocycles. The van der Waals surface area contributed by atoms with Crippen molar-refractivity contribution in [3.05, 3.63) is 41.2 Å². The number of rotatable bonds is 4. The maximum absolute atomic E-state index is 12.6. The van der Waals surface area contributed by atoms with Crippen molar-refractivity contribution in [3.8, 4) is 0 Å². The summed E-state index contributed by atoms with van der Waals surface area (Å²) in [5.74, 6) is 1.13. The van der Waals surface area contributed by atoms with E-state index in [-0.39, 0.29) is 17.4 Å². The summed E-state index contributed by atoms with van der Waals surface area (Å²) in [5, 5.41) is 0.965. The molecule has 27 heavy (non-hydrogen) atoms. The van der Waals surface area contributed by atoms with Gasteiger partial charge in [-0.3, -0.25) is 4.79 Å². The van der Waals surface area contributed by atoms with Crippen LogP contribution in [0.4, 0.5) is 5.13 Å². The van der Waals surface area contributed by atoms with Crippen molar-refractivity contribution in [2.24, 2.45) is 5.41 Å². The van der Waals surface area contributed by atoms with Crippen LogP contribution in [0.1, 0.15) is 51.1 Å². The Labute approximate surface area is 166 Å². The molecule has 2 heterocycles. The summed E-state index contributed by atoms with van der Waals surface area (Å²) in [6.07, 6.45) is 1.35. The number of benzene rings is 1. The van der Waals surface area contributed by atoms with Crippen molar-refractivity contribution in [1.82, 2.24) is 14.3 Å². The van der Waals surface area contributed by atoms with Gasteiger partial charge in [0.15, 0.2) is 0 Å². The molecule has 0 aliphatic carbocycles. The lowest BCUT2D eigenvalue weighted by Crippen LogP contribution is -2.54. The van der Waals surface area contributed by atoms with Gasteiger partial charge in [-0.25, -0.2) is 4.98 Å². The summed E-state index contributed by atoms with van der Waals surface area (Å²) < 4.78 is 4.55. The van der Waals surface area contributed by atoms with E-state index in [9.17, 15) is 4.79 Å². The number of nitrogens with zero attached hydrogens (tertiary/aromatic N) is 4. The monoisotopic (exact) mass is 386 g/mol. The molecule has 6 heteroatoms. The Morgan fingerprint density at radius 3 is 2.56 bits per heavy atom. The highest BCUT2D eigenvalue weighted by atomic mass is 32.1. The summed E-state index contributed by atoms with van der Waals surface area (Å²) in [5.41, 5.74) is 2.52. The molecule has 0 unspecified atom stereocenters. The Morgan fingerprint density at radius 1 is 1.22 bits per heavy atom.